The fraction of sp³-hybridized carbons (Fsp3) is 0.600. The smallest absolute Gasteiger partial charge is 0.142 e. The first-order valence-corrected chi connectivity index (χ1v) is 5.01. The Bertz CT molecular complexity index is 270. The zero-order chi connectivity index (χ0) is 9.80. The lowest BCUT2D eigenvalue weighted by atomic mass is 10.1. The molecular formula is C10H15N3O. The van der Waals surface area contributed by atoms with Gasteiger partial charge < -0.3 is 5.11 Å². The number of piperidine rings is 1. The monoisotopic (exact) mass is 193 g/mol. The van der Waals surface area contributed by atoms with E-state index in [0.29, 0.717) is 0 Å². The van der Waals surface area contributed by atoms with Crippen molar-refractivity contribution in [2.45, 2.75) is 25.5 Å². The third-order valence-electron chi connectivity index (χ3n) is 2.54. The summed E-state index contributed by atoms with van der Waals surface area (Å²) in [5.74, 6) is 0.865. The highest BCUT2D eigenvalue weighted by molar-refractivity contribution is 4.89. The van der Waals surface area contributed by atoms with E-state index >= 15 is 0 Å². The number of rotatable bonds is 2. The van der Waals surface area contributed by atoms with Crippen LogP contribution in [-0.4, -0.2) is 39.2 Å². The lowest BCUT2D eigenvalue weighted by Gasteiger charge is -2.28. The highest BCUT2D eigenvalue weighted by atomic mass is 16.3. The lowest BCUT2D eigenvalue weighted by molar-refractivity contribution is 0.0780. The van der Waals surface area contributed by atoms with Crippen molar-refractivity contribution in [1.82, 2.24) is 14.9 Å². The first kappa shape index (κ1) is 9.55. The summed E-state index contributed by atoms with van der Waals surface area (Å²) in [5.41, 5.74) is 0. The number of likely N-dealkylation sites (tertiary alicyclic amines) is 1. The van der Waals surface area contributed by atoms with Crippen molar-refractivity contribution in [3.05, 3.63) is 24.3 Å². The van der Waals surface area contributed by atoms with E-state index in [1.807, 2.05) is 6.07 Å². The van der Waals surface area contributed by atoms with Crippen LogP contribution in [0.5, 0.6) is 0 Å². The molecule has 0 bridgehead atoms. The second kappa shape index (κ2) is 4.48. The molecular weight excluding hydrogens is 178 g/mol. The fourth-order valence-corrected chi connectivity index (χ4v) is 1.69. The molecule has 0 saturated carbocycles. The number of aliphatic hydroxyl groups is 1. The Labute approximate surface area is 83.6 Å². The second-order valence-electron chi connectivity index (χ2n) is 3.67. The maximum Gasteiger partial charge on any atom is 0.142 e. The summed E-state index contributed by atoms with van der Waals surface area (Å²) in [6.07, 6.45) is 5.16. The van der Waals surface area contributed by atoms with Gasteiger partial charge in [-0.15, -0.1) is 0 Å². The highest BCUT2D eigenvalue weighted by Crippen LogP contribution is 2.11. The average molecular weight is 193 g/mol. The predicted octanol–water partition coefficient (Wildman–Crippen LogP) is 0.433. The summed E-state index contributed by atoms with van der Waals surface area (Å²) in [5, 5.41) is 9.34. The summed E-state index contributed by atoms with van der Waals surface area (Å²) in [6, 6.07) is 1.82. The van der Waals surface area contributed by atoms with Crippen LogP contribution in [0.15, 0.2) is 18.5 Å². The van der Waals surface area contributed by atoms with Crippen LogP contribution in [0, 0.1) is 0 Å². The molecule has 1 aromatic heterocycles. The van der Waals surface area contributed by atoms with Gasteiger partial charge in [0.15, 0.2) is 0 Å². The second-order valence-corrected chi connectivity index (χ2v) is 3.67. The molecule has 1 N–H and O–H groups in total. The van der Waals surface area contributed by atoms with E-state index in [4.69, 9.17) is 0 Å². The van der Waals surface area contributed by atoms with Crippen molar-refractivity contribution in [1.29, 1.82) is 0 Å². The molecule has 0 aromatic carbocycles. The molecule has 0 radical (unpaired) electrons. The van der Waals surface area contributed by atoms with Gasteiger partial charge in [-0.1, -0.05) is 0 Å². The quantitative estimate of drug-likeness (QED) is 0.740. The van der Waals surface area contributed by atoms with Gasteiger partial charge in [-0.3, -0.25) is 4.90 Å². The van der Waals surface area contributed by atoms with Gasteiger partial charge in [0.05, 0.1) is 12.6 Å². The molecule has 1 saturated heterocycles. The Morgan fingerprint density at radius 2 is 1.93 bits per heavy atom. The van der Waals surface area contributed by atoms with E-state index in [9.17, 15) is 5.11 Å². The summed E-state index contributed by atoms with van der Waals surface area (Å²) in [7, 11) is 0. The Hall–Kier alpha value is -1.00. The Morgan fingerprint density at radius 1 is 1.29 bits per heavy atom. The summed E-state index contributed by atoms with van der Waals surface area (Å²) >= 11 is 0. The van der Waals surface area contributed by atoms with Gasteiger partial charge in [-0.05, 0) is 18.9 Å². The van der Waals surface area contributed by atoms with Crippen LogP contribution in [0.3, 0.4) is 0 Å². The minimum Gasteiger partial charge on any atom is -0.393 e. The van der Waals surface area contributed by atoms with E-state index in [1.54, 1.807) is 12.4 Å². The largest absolute Gasteiger partial charge is 0.393 e. The van der Waals surface area contributed by atoms with Crippen molar-refractivity contribution < 1.29 is 5.11 Å². The molecule has 2 heterocycles. The van der Waals surface area contributed by atoms with E-state index in [-0.39, 0.29) is 6.10 Å². The first-order valence-electron chi connectivity index (χ1n) is 5.01. The Morgan fingerprint density at radius 3 is 2.57 bits per heavy atom. The minimum absolute atomic E-state index is 0.108. The normalized spacial score (nSPS) is 19.8. The molecule has 0 atom stereocenters. The lowest BCUT2D eigenvalue weighted by Crippen LogP contribution is -2.35. The van der Waals surface area contributed by atoms with Crippen molar-refractivity contribution in [2.75, 3.05) is 13.1 Å². The fourth-order valence-electron chi connectivity index (χ4n) is 1.69. The van der Waals surface area contributed by atoms with E-state index < -0.39 is 0 Å². The number of hydrogen-bond donors (Lipinski definition) is 1. The zero-order valence-corrected chi connectivity index (χ0v) is 8.13. The molecule has 1 aliphatic rings. The molecule has 0 spiro atoms. The molecule has 2 rings (SSSR count). The van der Waals surface area contributed by atoms with Crippen LogP contribution in [-0.2, 0) is 6.54 Å². The number of aromatic nitrogens is 2. The molecule has 4 nitrogen and oxygen atoms in total. The van der Waals surface area contributed by atoms with Crippen LogP contribution in [0.25, 0.3) is 0 Å². The molecule has 0 aliphatic carbocycles. The molecule has 76 valence electrons. The molecule has 4 heteroatoms. The maximum absolute atomic E-state index is 9.34. The van der Waals surface area contributed by atoms with Crippen molar-refractivity contribution >= 4 is 0 Å². The number of aliphatic hydroxyl groups excluding tert-OH is 1. The Balaban J connectivity index is 1.87. The highest BCUT2D eigenvalue weighted by Gasteiger charge is 2.17. The number of hydrogen-bond acceptors (Lipinski definition) is 4. The van der Waals surface area contributed by atoms with Gasteiger partial charge in [0.2, 0.25) is 0 Å². The first-order chi connectivity index (χ1) is 6.84. The molecule has 14 heavy (non-hydrogen) atoms. The molecule has 1 aliphatic heterocycles. The number of nitrogens with zero attached hydrogens (tertiary/aromatic N) is 3. The van der Waals surface area contributed by atoms with Crippen molar-refractivity contribution in [3.63, 3.8) is 0 Å². The predicted molar refractivity (Wildman–Crippen MR) is 52.5 cm³/mol. The van der Waals surface area contributed by atoms with E-state index in [0.717, 1.165) is 38.3 Å². The summed E-state index contributed by atoms with van der Waals surface area (Å²) in [6.45, 7) is 2.69. The van der Waals surface area contributed by atoms with Gasteiger partial charge in [-0.25, -0.2) is 9.97 Å². The average Bonchev–Trinajstić information content (AvgIpc) is 2.23. The maximum atomic E-state index is 9.34. The van der Waals surface area contributed by atoms with Crippen LogP contribution < -0.4 is 0 Å². The minimum atomic E-state index is -0.108. The van der Waals surface area contributed by atoms with Crippen molar-refractivity contribution in [2.24, 2.45) is 0 Å². The van der Waals surface area contributed by atoms with Gasteiger partial charge in [0.1, 0.15) is 5.82 Å². The van der Waals surface area contributed by atoms with E-state index in [1.165, 1.54) is 0 Å². The van der Waals surface area contributed by atoms with Crippen LogP contribution in [0.2, 0.25) is 0 Å². The molecule has 0 amide bonds. The summed E-state index contributed by atoms with van der Waals surface area (Å²) in [4.78, 5) is 10.6. The van der Waals surface area contributed by atoms with Gasteiger partial charge in [0, 0.05) is 25.5 Å². The molecule has 1 aromatic rings. The van der Waals surface area contributed by atoms with Gasteiger partial charge >= 0.3 is 0 Å². The summed E-state index contributed by atoms with van der Waals surface area (Å²) < 4.78 is 0. The van der Waals surface area contributed by atoms with Crippen LogP contribution >= 0.6 is 0 Å². The van der Waals surface area contributed by atoms with Gasteiger partial charge in [0.25, 0.3) is 0 Å². The van der Waals surface area contributed by atoms with E-state index in [2.05, 4.69) is 14.9 Å². The van der Waals surface area contributed by atoms with Crippen molar-refractivity contribution in [3.8, 4) is 0 Å². The van der Waals surface area contributed by atoms with Crippen LogP contribution in [0.4, 0.5) is 0 Å². The zero-order valence-electron chi connectivity index (χ0n) is 8.13. The molecule has 1 fully saturated rings. The SMILES string of the molecule is OC1CCN(Cc2ncccn2)CC1. The Kier molecular flexibility index (Phi) is 3.06. The third-order valence-corrected chi connectivity index (χ3v) is 2.54. The topological polar surface area (TPSA) is 49.2 Å². The van der Waals surface area contributed by atoms with Gasteiger partial charge in [-0.2, -0.15) is 0 Å². The van der Waals surface area contributed by atoms with Crippen LogP contribution in [0.1, 0.15) is 18.7 Å². The molecule has 0 unspecified atom stereocenters. The standard InChI is InChI=1S/C10H15N3O/c14-9-2-6-13(7-3-9)8-10-11-4-1-5-12-10/h1,4-5,9,14H,2-3,6-8H2. The third kappa shape index (κ3) is 2.49.